The molecule has 88 valence electrons. The molecular weight excluding hydrogens is 232 g/mol. The molecule has 0 spiro atoms. The number of nitrogens with zero attached hydrogens (tertiary/aromatic N) is 1. The molecule has 0 aliphatic rings. The van der Waals surface area contributed by atoms with E-state index in [0.717, 1.165) is 5.76 Å². The molecule has 2 rings (SSSR count). The van der Waals surface area contributed by atoms with Gasteiger partial charge in [-0.05, 0) is 29.9 Å². The minimum Gasteiger partial charge on any atom is -0.467 e. The third-order valence-corrected chi connectivity index (χ3v) is 2.71. The smallest absolute Gasteiger partial charge is 0.167 e. The standard InChI is InChI=1S/C13H14N2OS/c14-13(17)15(10-12-7-4-8-16-12)9-11-5-2-1-3-6-11/h1-8H,9-10H2,(H2,14,17). The molecule has 17 heavy (non-hydrogen) atoms. The summed E-state index contributed by atoms with van der Waals surface area (Å²) in [4.78, 5) is 1.91. The van der Waals surface area contributed by atoms with Crippen LogP contribution in [0.5, 0.6) is 0 Å². The summed E-state index contributed by atoms with van der Waals surface area (Å²) < 4.78 is 5.29. The van der Waals surface area contributed by atoms with Crippen LogP contribution in [0.2, 0.25) is 0 Å². The van der Waals surface area contributed by atoms with E-state index >= 15 is 0 Å². The van der Waals surface area contributed by atoms with Crippen LogP contribution in [0.4, 0.5) is 0 Å². The summed E-state index contributed by atoms with van der Waals surface area (Å²) in [5, 5.41) is 0.380. The molecule has 2 N–H and O–H groups in total. The molecule has 0 atom stereocenters. The van der Waals surface area contributed by atoms with Crippen molar-refractivity contribution >= 4 is 17.3 Å². The fourth-order valence-corrected chi connectivity index (χ4v) is 1.74. The molecule has 1 heterocycles. The molecule has 0 aliphatic carbocycles. The first kappa shape index (κ1) is 11.7. The molecule has 0 radical (unpaired) electrons. The van der Waals surface area contributed by atoms with Crippen LogP contribution in [0.25, 0.3) is 0 Å². The number of furan rings is 1. The first-order valence-electron chi connectivity index (χ1n) is 5.36. The molecule has 0 bridgehead atoms. The first-order valence-corrected chi connectivity index (χ1v) is 5.77. The average molecular weight is 246 g/mol. The van der Waals surface area contributed by atoms with E-state index in [9.17, 15) is 0 Å². The Labute approximate surface area is 106 Å². The Balaban J connectivity index is 2.06. The van der Waals surface area contributed by atoms with Crippen molar-refractivity contribution in [3.05, 3.63) is 60.1 Å². The van der Waals surface area contributed by atoms with Gasteiger partial charge in [-0.2, -0.15) is 0 Å². The number of benzene rings is 1. The normalized spacial score (nSPS) is 10.1. The average Bonchev–Trinajstić information content (AvgIpc) is 2.82. The number of hydrogen-bond acceptors (Lipinski definition) is 2. The minimum atomic E-state index is 0.380. The van der Waals surface area contributed by atoms with Crippen LogP contribution in [0, 0.1) is 0 Å². The minimum absolute atomic E-state index is 0.380. The molecule has 0 fully saturated rings. The zero-order valence-electron chi connectivity index (χ0n) is 9.37. The highest BCUT2D eigenvalue weighted by Crippen LogP contribution is 2.10. The van der Waals surface area contributed by atoms with Crippen molar-refractivity contribution in [3.63, 3.8) is 0 Å². The Bertz CT molecular complexity index is 467. The summed E-state index contributed by atoms with van der Waals surface area (Å²) in [6.07, 6.45) is 1.65. The highest BCUT2D eigenvalue weighted by Gasteiger charge is 2.09. The first-order chi connectivity index (χ1) is 8.25. The Hall–Kier alpha value is -1.81. The van der Waals surface area contributed by atoms with Gasteiger partial charge in [0.15, 0.2) is 5.11 Å². The van der Waals surface area contributed by atoms with Gasteiger partial charge in [-0.25, -0.2) is 0 Å². The summed E-state index contributed by atoms with van der Waals surface area (Å²) in [5.41, 5.74) is 6.89. The van der Waals surface area contributed by atoms with Gasteiger partial charge in [-0.3, -0.25) is 0 Å². The van der Waals surface area contributed by atoms with Crippen molar-refractivity contribution in [2.24, 2.45) is 5.73 Å². The van der Waals surface area contributed by atoms with Crippen LogP contribution >= 0.6 is 12.2 Å². The number of thiocarbonyl (C=S) groups is 1. The molecule has 0 amide bonds. The molecule has 2 aromatic rings. The van der Waals surface area contributed by atoms with Crippen molar-refractivity contribution in [2.45, 2.75) is 13.1 Å². The van der Waals surface area contributed by atoms with Gasteiger partial charge in [0, 0.05) is 6.54 Å². The second-order valence-electron chi connectivity index (χ2n) is 3.76. The third-order valence-electron chi connectivity index (χ3n) is 2.45. The number of rotatable bonds is 4. The van der Waals surface area contributed by atoms with Crippen molar-refractivity contribution in [1.29, 1.82) is 0 Å². The molecule has 1 aromatic carbocycles. The fourth-order valence-electron chi connectivity index (χ4n) is 1.61. The van der Waals surface area contributed by atoms with Crippen LogP contribution in [0.3, 0.4) is 0 Å². The second kappa shape index (κ2) is 5.50. The van der Waals surface area contributed by atoms with E-state index in [1.54, 1.807) is 6.26 Å². The predicted molar refractivity (Wildman–Crippen MR) is 71.2 cm³/mol. The number of hydrogen-bond donors (Lipinski definition) is 1. The van der Waals surface area contributed by atoms with Gasteiger partial charge >= 0.3 is 0 Å². The van der Waals surface area contributed by atoms with E-state index in [2.05, 4.69) is 0 Å². The Kier molecular flexibility index (Phi) is 3.77. The van der Waals surface area contributed by atoms with Crippen LogP contribution < -0.4 is 5.73 Å². The maximum Gasteiger partial charge on any atom is 0.167 e. The summed E-state index contributed by atoms with van der Waals surface area (Å²) in [5.74, 6) is 0.855. The molecule has 0 saturated heterocycles. The molecule has 1 aromatic heterocycles. The van der Waals surface area contributed by atoms with Gasteiger partial charge in [0.25, 0.3) is 0 Å². The van der Waals surface area contributed by atoms with Crippen LogP contribution in [0.15, 0.2) is 53.1 Å². The Morgan fingerprint density at radius 2 is 1.88 bits per heavy atom. The predicted octanol–water partition coefficient (Wildman–Crippen LogP) is 2.53. The lowest BCUT2D eigenvalue weighted by Crippen LogP contribution is -2.34. The molecule has 3 nitrogen and oxygen atoms in total. The molecule has 0 unspecified atom stereocenters. The van der Waals surface area contributed by atoms with Gasteiger partial charge in [-0.1, -0.05) is 30.3 Å². The quantitative estimate of drug-likeness (QED) is 0.842. The maximum absolute atomic E-state index is 5.72. The van der Waals surface area contributed by atoms with Crippen molar-refractivity contribution in [2.75, 3.05) is 0 Å². The van der Waals surface area contributed by atoms with E-state index in [1.807, 2.05) is 47.4 Å². The van der Waals surface area contributed by atoms with Crippen molar-refractivity contribution in [1.82, 2.24) is 4.90 Å². The Morgan fingerprint density at radius 3 is 2.47 bits per heavy atom. The second-order valence-corrected chi connectivity index (χ2v) is 4.18. The number of nitrogens with two attached hydrogens (primary N) is 1. The monoisotopic (exact) mass is 246 g/mol. The zero-order valence-corrected chi connectivity index (χ0v) is 10.2. The van der Waals surface area contributed by atoms with Gasteiger partial charge in [0.05, 0.1) is 12.8 Å². The SMILES string of the molecule is NC(=S)N(Cc1ccccc1)Cc1ccco1. The zero-order chi connectivity index (χ0) is 12.1. The topological polar surface area (TPSA) is 42.4 Å². The van der Waals surface area contributed by atoms with E-state index in [4.69, 9.17) is 22.4 Å². The fraction of sp³-hybridized carbons (Fsp3) is 0.154. The van der Waals surface area contributed by atoms with E-state index in [1.165, 1.54) is 5.56 Å². The van der Waals surface area contributed by atoms with E-state index in [0.29, 0.717) is 18.2 Å². The van der Waals surface area contributed by atoms with E-state index < -0.39 is 0 Å². The molecular formula is C13H14N2OS. The van der Waals surface area contributed by atoms with Crippen molar-refractivity contribution < 1.29 is 4.42 Å². The molecule has 4 heteroatoms. The highest BCUT2D eigenvalue weighted by molar-refractivity contribution is 7.80. The summed E-state index contributed by atoms with van der Waals surface area (Å²) >= 11 is 5.05. The lowest BCUT2D eigenvalue weighted by Gasteiger charge is -2.21. The van der Waals surface area contributed by atoms with Gasteiger partial charge in [-0.15, -0.1) is 0 Å². The lowest BCUT2D eigenvalue weighted by molar-refractivity contribution is 0.358. The largest absolute Gasteiger partial charge is 0.467 e. The van der Waals surface area contributed by atoms with Crippen LogP contribution in [0.1, 0.15) is 11.3 Å². The highest BCUT2D eigenvalue weighted by atomic mass is 32.1. The third kappa shape index (κ3) is 3.32. The molecule has 0 aliphatic heterocycles. The van der Waals surface area contributed by atoms with Crippen LogP contribution in [-0.4, -0.2) is 10.0 Å². The molecule has 0 saturated carbocycles. The van der Waals surface area contributed by atoms with Gasteiger partial charge in [0.1, 0.15) is 5.76 Å². The maximum atomic E-state index is 5.72. The summed E-state index contributed by atoms with van der Waals surface area (Å²) in [6, 6.07) is 13.9. The van der Waals surface area contributed by atoms with Gasteiger partial charge < -0.3 is 15.1 Å². The van der Waals surface area contributed by atoms with E-state index in [-0.39, 0.29) is 0 Å². The summed E-state index contributed by atoms with van der Waals surface area (Å²) in [6.45, 7) is 1.29. The van der Waals surface area contributed by atoms with Crippen LogP contribution in [-0.2, 0) is 13.1 Å². The van der Waals surface area contributed by atoms with Gasteiger partial charge in [0.2, 0.25) is 0 Å². The summed E-state index contributed by atoms with van der Waals surface area (Å²) in [7, 11) is 0. The van der Waals surface area contributed by atoms with Crippen molar-refractivity contribution in [3.8, 4) is 0 Å². The Morgan fingerprint density at radius 1 is 1.12 bits per heavy atom. The lowest BCUT2D eigenvalue weighted by atomic mass is 10.2.